The Morgan fingerprint density at radius 2 is 1.97 bits per heavy atom. The van der Waals surface area contributed by atoms with Gasteiger partial charge in [-0.1, -0.05) is 32.8 Å². The molecule has 1 N–H and O–H groups in total. The second-order valence-electron chi connectivity index (χ2n) is 8.57. The van der Waals surface area contributed by atoms with E-state index in [0.717, 1.165) is 67.0 Å². The Labute approximate surface area is 179 Å². The van der Waals surface area contributed by atoms with Gasteiger partial charge in [0, 0.05) is 54.0 Å². The van der Waals surface area contributed by atoms with Crippen LogP contribution in [-0.2, 0) is 17.6 Å². The van der Waals surface area contributed by atoms with E-state index in [2.05, 4.69) is 29.0 Å². The van der Waals surface area contributed by atoms with Crippen LogP contribution in [0.5, 0.6) is 0 Å². The van der Waals surface area contributed by atoms with E-state index in [9.17, 15) is 4.79 Å². The number of nitrogens with zero attached hydrogens (tertiary/aromatic N) is 3. The first-order valence-electron chi connectivity index (χ1n) is 11.5. The van der Waals surface area contributed by atoms with Crippen molar-refractivity contribution in [2.75, 3.05) is 0 Å². The number of hydrogen-bond donors (Lipinski definition) is 1. The molecule has 2 aliphatic rings. The van der Waals surface area contributed by atoms with Gasteiger partial charge in [0.1, 0.15) is 5.82 Å². The summed E-state index contributed by atoms with van der Waals surface area (Å²) in [6, 6.07) is 4.37. The highest BCUT2D eigenvalue weighted by molar-refractivity contribution is 6.41. The monoisotopic (exact) mass is 404 g/mol. The number of pyridine rings is 1. The molecule has 5 nitrogen and oxygen atoms in total. The first-order chi connectivity index (χ1) is 14.7. The zero-order valence-corrected chi connectivity index (χ0v) is 18.2. The van der Waals surface area contributed by atoms with E-state index in [-0.39, 0.29) is 11.7 Å². The lowest BCUT2D eigenvalue weighted by molar-refractivity contribution is -0.113. The number of aliphatic imine (C=N–C) groups is 1. The maximum atomic E-state index is 12.2. The summed E-state index contributed by atoms with van der Waals surface area (Å²) >= 11 is 0. The SMILES string of the molecule is CCc1nc(C2CC2)ccc1-c1c[nH]c(CCCCCCC(=O)C2=NC=CC2C)n1. The number of hydrogen-bond acceptors (Lipinski definition) is 4. The highest BCUT2D eigenvalue weighted by atomic mass is 16.1. The summed E-state index contributed by atoms with van der Waals surface area (Å²) in [5.74, 6) is 2.10. The Balaban J connectivity index is 1.21. The average Bonchev–Trinajstić information content (AvgIpc) is 3.36. The Morgan fingerprint density at radius 1 is 1.13 bits per heavy atom. The van der Waals surface area contributed by atoms with Gasteiger partial charge in [-0.05, 0) is 44.2 Å². The van der Waals surface area contributed by atoms with Crippen LogP contribution in [0.15, 0.2) is 35.6 Å². The van der Waals surface area contributed by atoms with Crippen LogP contribution in [0.1, 0.15) is 81.9 Å². The molecule has 2 aromatic rings. The molecule has 5 heteroatoms. The molecular formula is C25H32N4O. The molecule has 1 saturated carbocycles. The minimum atomic E-state index is 0.180. The van der Waals surface area contributed by atoms with E-state index in [1.165, 1.54) is 18.5 Å². The summed E-state index contributed by atoms with van der Waals surface area (Å²) in [6.45, 7) is 4.19. The maximum Gasteiger partial charge on any atom is 0.177 e. The quantitative estimate of drug-likeness (QED) is 0.497. The number of aromatic amines is 1. The number of allylic oxidation sites excluding steroid dienone is 1. The van der Waals surface area contributed by atoms with Crippen molar-refractivity contribution in [1.29, 1.82) is 0 Å². The molecule has 30 heavy (non-hydrogen) atoms. The van der Waals surface area contributed by atoms with Gasteiger partial charge in [-0.25, -0.2) is 4.98 Å². The van der Waals surface area contributed by atoms with Crippen molar-refractivity contribution in [2.24, 2.45) is 10.9 Å². The average molecular weight is 405 g/mol. The van der Waals surface area contributed by atoms with Gasteiger partial charge in [-0.2, -0.15) is 0 Å². The van der Waals surface area contributed by atoms with Crippen LogP contribution in [0.2, 0.25) is 0 Å². The molecule has 1 aliphatic heterocycles. The van der Waals surface area contributed by atoms with Gasteiger partial charge < -0.3 is 4.98 Å². The van der Waals surface area contributed by atoms with Gasteiger partial charge in [-0.15, -0.1) is 0 Å². The molecule has 1 fully saturated rings. The van der Waals surface area contributed by atoms with Gasteiger partial charge in [-0.3, -0.25) is 14.8 Å². The minimum absolute atomic E-state index is 0.180. The van der Waals surface area contributed by atoms with E-state index in [1.54, 1.807) is 6.20 Å². The first kappa shape index (κ1) is 20.7. The standard InChI is InChI=1S/C25H32N4O/c1-3-20-19(12-13-21(28-20)18-10-11-18)22-16-27-24(29-22)9-7-5-4-6-8-23(30)25-17(2)14-15-26-25/h12-18H,3-11H2,1-2H3,(H,27,29). The number of Topliss-reactive ketones (excluding diaryl/α,β-unsaturated/α-hetero) is 1. The summed E-state index contributed by atoms with van der Waals surface area (Å²) in [4.78, 5) is 29.4. The van der Waals surface area contributed by atoms with E-state index >= 15 is 0 Å². The lowest BCUT2D eigenvalue weighted by Crippen LogP contribution is -2.18. The molecule has 0 saturated heterocycles. The Bertz CT molecular complexity index is 952. The molecule has 4 rings (SSSR count). The maximum absolute atomic E-state index is 12.2. The number of imidazole rings is 1. The molecule has 0 aromatic carbocycles. The Morgan fingerprint density at radius 3 is 2.70 bits per heavy atom. The molecule has 2 aromatic heterocycles. The summed E-state index contributed by atoms with van der Waals surface area (Å²) in [6.07, 6.45) is 15.0. The lowest BCUT2D eigenvalue weighted by Gasteiger charge is -2.07. The minimum Gasteiger partial charge on any atom is -0.348 e. The normalized spacial score (nSPS) is 18.1. The predicted molar refractivity (Wildman–Crippen MR) is 121 cm³/mol. The van der Waals surface area contributed by atoms with Gasteiger partial charge in [0.2, 0.25) is 0 Å². The van der Waals surface area contributed by atoms with Crippen LogP contribution < -0.4 is 0 Å². The highest BCUT2D eigenvalue weighted by Crippen LogP contribution is 2.39. The summed E-state index contributed by atoms with van der Waals surface area (Å²) < 4.78 is 0. The topological polar surface area (TPSA) is 71.0 Å². The molecule has 1 unspecified atom stereocenters. The van der Waals surface area contributed by atoms with E-state index < -0.39 is 0 Å². The summed E-state index contributed by atoms with van der Waals surface area (Å²) in [5, 5.41) is 0. The fourth-order valence-corrected chi connectivity index (χ4v) is 4.10. The van der Waals surface area contributed by atoms with E-state index in [4.69, 9.17) is 9.97 Å². The van der Waals surface area contributed by atoms with Crippen molar-refractivity contribution in [2.45, 2.75) is 77.6 Å². The number of aromatic nitrogens is 3. The third-order valence-electron chi connectivity index (χ3n) is 6.11. The third kappa shape index (κ3) is 4.94. The molecule has 0 bridgehead atoms. The zero-order chi connectivity index (χ0) is 20.9. The number of unbranched alkanes of at least 4 members (excludes halogenated alkanes) is 3. The van der Waals surface area contributed by atoms with Crippen molar-refractivity contribution in [3.05, 3.63) is 47.8 Å². The summed E-state index contributed by atoms with van der Waals surface area (Å²) in [5.41, 5.74) is 5.28. The Hall–Kier alpha value is -2.56. The number of nitrogens with one attached hydrogen (secondary N) is 1. The molecule has 1 aliphatic carbocycles. The number of carbonyl (C=O) groups is 1. The Kier molecular flexibility index (Phi) is 6.56. The van der Waals surface area contributed by atoms with Gasteiger partial charge in [0.15, 0.2) is 5.78 Å². The van der Waals surface area contributed by atoms with Crippen LogP contribution in [0.4, 0.5) is 0 Å². The zero-order valence-electron chi connectivity index (χ0n) is 18.2. The second kappa shape index (κ2) is 9.50. The number of carbonyl (C=O) groups excluding carboxylic acids is 1. The van der Waals surface area contributed by atoms with E-state index in [1.807, 2.05) is 19.2 Å². The first-order valence-corrected chi connectivity index (χ1v) is 11.5. The van der Waals surface area contributed by atoms with E-state index in [0.29, 0.717) is 12.3 Å². The van der Waals surface area contributed by atoms with Crippen LogP contribution in [-0.4, -0.2) is 26.4 Å². The smallest absolute Gasteiger partial charge is 0.177 e. The van der Waals surface area contributed by atoms with Gasteiger partial charge >= 0.3 is 0 Å². The number of rotatable bonds is 11. The molecule has 0 amide bonds. The molecule has 1 atom stereocenters. The van der Waals surface area contributed by atoms with Crippen molar-refractivity contribution >= 4 is 11.5 Å². The fourth-order valence-electron chi connectivity index (χ4n) is 4.10. The predicted octanol–water partition coefficient (Wildman–Crippen LogP) is 5.58. The van der Waals surface area contributed by atoms with Crippen LogP contribution in [0.3, 0.4) is 0 Å². The largest absolute Gasteiger partial charge is 0.348 e. The lowest BCUT2D eigenvalue weighted by atomic mass is 9.99. The molecular weight excluding hydrogens is 372 g/mol. The number of ketones is 1. The highest BCUT2D eigenvalue weighted by Gasteiger charge is 2.25. The van der Waals surface area contributed by atoms with Crippen molar-refractivity contribution in [3.8, 4) is 11.3 Å². The molecule has 3 heterocycles. The number of aryl methyl sites for hydroxylation is 2. The van der Waals surface area contributed by atoms with Gasteiger partial charge in [0.25, 0.3) is 0 Å². The molecule has 0 spiro atoms. The molecule has 158 valence electrons. The molecule has 0 radical (unpaired) electrons. The van der Waals surface area contributed by atoms with Crippen molar-refractivity contribution < 1.29 is 4.79 Å². The fraction of sp³-hybridized carbons (Fsp3) is 0.520. The second-order valence-corrected chi connectivity index (χ2v) is 8.57. The van der Waals surface area contributed by atoms with Crippen LogP contribution in [0.25, 0.3) is 11.3 Å². The van der Waals surface area contributed by atoms with Gasteiger partial charge in [0.05, 0.1) is 11.4 Å². The van der Waals surface area contributed by atoms with Crippen LogP contribution in [0, 0.1) is 5.92 Å². The van der Waals surface area contributed by atoms with Crippen LogP contribution >= 0.6 is 0 Å². The third-order valence-corrected chi connectivity index (χ3v) is 6.11. The van der Waals surface area contributed by atoms with Crippen molar-refractivity contribution in [3.63, 3.8) is 0 Å². The summed E-state index contributed by atoms with van der Waals surface area (Å²) in [7, 11) is 0. The number of H-pyrrole nitrogens is 1. The van der Waals surface area contributed by atoms with Crippen molar-refractivity contribution in [1.82, 2.24) is 15.0 Å².